The Kier molecular flexibility index (Phi) is 6.73. The number of fused-ring (bicyclic) bond motifs is 1. The van der Waals surface area contributed by atoms with E-state index in [4.69, 9.17) is 0 Å². The van der Waals surface area contributed by atoms with E-state index in [-0.39, 0.29) is 11.9 Å². The van der Waals surface area contributed by atoms with E-state index in [9.17, 15) is 4.79 Å². The first-order valence-corrected chi connectivity index (χ1v) is 8.94. The van der Waals surface area contributed by atoms with Crippen molar-refractivity contribution in [2.75, 3.05) is 19.6 Å². The number of hydrogen-bond acceptors (Lipinski definition) is 3. The van der Waals surface area contributed by atoms with Gasteiger partial charge in [-0.15, -0.1) is 0 Å². The third-order valence-electron chi connectivity index (χ3n) is 4.47. The normalized spacial score (nSPS) is 12.5. The van der Waals surface area contributed by atoms with E-state index in [0.29, 0.717) is 5.56 Å². The fourth-order valence-corrected chi connectivity index (χ4v) is 3.03. The van der Waals surface area contributed by atoms with Crippen LogP contribution in [-0.2, 0) is 0 Å². The molecule has 0 spiro atoms. The minimum atomic E-state index is -0.00737. The molecule has 24 heavy (non-hydrogen) atoms. The maximum Gasteiger partial charge on any atom is 0.252 e. The molecule has 0 bridgehead atoms. The maximum absolute atomic E-state index is 12.7. The van der Waals surface area contributed by atoms with Crippen molar-refractivity contribution in [3.05, 3.63) is 41.6 Å². The molecule has 0 aliphatic rings. The minimum Gasteiger partial charge on any atom is -0.350 e. The second-order valence-electron chi connectivity index (χ2n) is 6.37. The van der Waals surface area contributed by atoms with Gasteiger partial charge in [0.15, 0.2) is 0 Å². The molecule has 0 saturated heterocycles. The van der Waals surface area contributed by atoms with Crippen molar-refractivity contribution in [3.63, 3.8) is 0 Å². The quantitative estimate of drug-likeness (QED) is 0.802. The summed E-state index contributed by atoms with van der Waals surface area (Å²) in [6.07, 6.45) is 2.09. The second-order valence-corrected chi connectivity index (χ2v) is 6.37. The number of hydrogen-bond donors (Lipinski definition) is 1. The monoisotopic (exact) mass is 327 g/mol. The number of nitrogens with one attached hydrogen (secondary N) is 1. The van der Waals surface area contributed by atoms with E-state index in [1.807, 2.05) is 37.3 Å². The summed E-state index contributed by atoms with van der Waals surface area (Å²) in [6.45, 7) is 11.6. The Morgan fingerprint density at radius 2 is 1.96 bits per heavy atom. The topological polar surface area (TPSA) is 45.2 Å². The van der Waals surface area contributed by atoms with Crippen LogP contribution in [0.4, 0.5) is 0 Å². The zero-order valence-corrected chi connectivity index (χ0v) is 15.3. The number of benzene rings is 1. The van der Waals surface area contributed by atoms with Gasteiger partial charge in [-0.3, -0.25) is 9.78 Å². The van der Waals surface area contributed by atoms with Crippen molar-refractivity contribution in [1.82, 2.24) is 15.2 Å². The molecule has 0 fully saturated rings. The van der Waals surface area contributed by atoms with Crippen LogP contribution in [0.1, 0.15) is 49.7 Å². The second kappa shape index (κ2) is 8.78. The Labute approximate surface area is 145 Å². The number of para-hydroxylation sites is 1. The number of rotatable bonds is 8. The van der Waals surface area contributed by atoms with Crippen LogP contribution in [0.3, 0.4) is 0 Å². The molecular weight excluding hydrogens is 298 g/mol. The third-order valence-corrected chi connectivity index (χ3v) is 4.47. The van der Waals surface area contributed by atoms with Gasteiger partial charge in [-0.1, -0.05) is 32.0 Å². The molecular formula is C20H29N3O. The van der Waals surface area contributed by atoms with E-state index >= 15 is 0 Å². The summed E-state index contributed by atoms with van der Waals surface area (Å²) < 4.78 is 0. The van der Waals surface area contributed by atoms with Gasteiger partial charge in [-0.25, -0.2) is 0 Å². The Bertz CT molecular complexity index is 680. The van der Waals surface area contributed by atoms with Gasteiger partial charge in [0.05, 0.1) is 11.1 Å². The van der Waals surface area contributed by atoms with E-state index in [1.54, 1.807) is 0 Å². The lowest BCUT2D eigenvalue weighted by Gasteiger charge is -2.20. The average molecular weight is 327 g/mol. The largest absolute Gasteiger partial charge is 0.350 e. The molecule has 0 aliphatic carbocycles. The number of aromatic nitrogens is 1. The summed E-state index contributed by atoms with van der Waals surface area (Å²) >= 11 is 0. The fourth-order valence-electron chi connectivity index (χ4n) is 3.03. The van der Waals surface area contributed by atoms with Gasteiger partial charge >= 0.3 is 0 Å². The number of aryl methyl sites for hydroxylation is 1. The molecule has 4 heteroatoms. The van der Waals surface area contributed by atoms with E-state index < -0.39 is 0 Å². The molecule has 0 saturated carbocycles. The molecule has 1 N–H and O–H groups in total. The van der Waals surface area contributed by atoms with Crippen molar-refractivity contribution in [3.8, 4) is 0 Å². The van der Waals surface area contributed by atoms with Crippen molar-refractivity contribution in [2.45, 2.75) is 46.6 Å². The minimum absolute atomic E-state index is 0.00737. The molecule has 2 aromatic rings. The smallest absolute Gasteiger partial charge is 0.252 e. The zero-order chi connectivity index (χ0) is 17.5. The first-order chi connectivity index (χ1) is 11.5. The predicted octanol–water partition coefficient (Wildman–Crippen LogP) is 3.78. The van der Waals surface area contributed by atoms with Crippen molar-refractivity contribution in [2.24, 2.45) is 0 Å². The Hall–Kier alpha value is -1.94. The van der Waals surface area contributed by atoms with Gasteiger partial charge in [0, 0.05) is 17.1 Å². The maximum atomic E-state index is 12.7. The number of pyridine rings is 1. The lowest BCUT2D eigenvalue weighted by atomic mass is 10.1. The van der Waals surface area contributed by atoms with Crippen LogP contribution in [0.25, 0.3) is 10.9 Å². The van der Waals surface area contributed by atoms with Gasteiger partial charge in [0.2, 0.25) is 0 Å². The number of carbonyl (C=O) groups is 1. The summed E-state index contributed by atoms with van der Waals surface area (Å²) in [7, 11) is 0. The molecule has 1 atom stereocenters. The van der Waals surface area contributed by atoms with Crippen LogP contribution in [0.5, 0.6) is 0 Å². The van der Waals surface area contributed by atoms with Crippen LogP contribution in [0.2, 0.25) is 0 Å². The molecule has 0 aliphatic heterocycles. The van der Waals surface area contributed by atoms with Crippen LogP contribution in [0, 0.1) is 6.92 Å². The summed E-state index contributed by atoms with van der Waals surface area (Å²) in [6, 6.07) is 9.85. The lowest BCUT2D eigenvalue weighted by Crippen LogP contribution is -2.34. The molecule has 1 unspecified atom stereocenters. The SMILES string of the molecule is CCN(CC)CCCC(C)NC(=O)c1cc(C)nc2ccccc12. The molecule has 1 aromatic carbocycles. The van der Waals surface area contributed by atoms with Crippen LogP contribution >= 0.6 is 0 Å². The van der Waals surface area contributed by atoms with Crippen molar-refractivity contribution >= 4 is 16.8 Å². The van der Waals surface area contributed by atoms with Gasteiger partial charge in [-0.2, -0.15) is 0 Å². The first-order valence-electron chi connectivity index (χ1n) is 8.94. The van der Waals surface area contributed by atoms with Crippen molar-refractivity contribution < 1.29 is 4.79 Å². The number of amides is 1. The molecule has 1 amide bonds. The van der Waals surface area contributed by atoms with Gasteiger partial charge in [-0.05, 0) is 58.5 Å². The average Bonchev–Trinajstić information content (AvgIpc) is 2.57. The number of carbonyl (C=O) groups excluding carboxylic acids is 1. The molecule has 0 radical (unpaired) electrons. The molecule has 4 nitrogen and oxygen atoms in total. The highest BCUT2D eigenvalue weighted by Crippen LogP contribution is 2.18. The Morgan fingerprint density at radius 1 is 1.25 bits per heavy atom. The molecule has 130 valence electrons. The highest BCUT2D eigenvalue weighted by Gasteiger charge is 2.14. The van der Waals surface area contributed by atoms with Gasteiger partial charge in [0.1, 0.15) is 0 Å². The van der Waals surface area contributed by atoms with Crippen LogP contribution < -0.4 is 5.32 Å². The van der Waals surface area contributed by atoms with Crippen LogP contribution in [0.15, 0.2) is 30.3 Å². The van der Waals surface area contributed by atoms with E-state index in [0.717, 1.165) is 49.1 Å². The lowest BCUT2D eigenvalue weighted by molar-refractivity contribution is 0.0939. The standard InChI is InChI=1S/C20H29N3O/c1-5-23(6-2)13-9-10-15(3)22-20(24)18-14-16(4)21-19-12-8-7-11-17(18)19/h7-8,11-12,14-15H,5-6,9-10,13H2,1-4H3,(H,22,24). The van der Waals surface area contributed by atoms with Crippen LogP contribution in [-0.4, -0.2) is 41.5 Å². The summed E-state index contributed by atoms with van der Waals surface area (Å²) in [4.78, 5) is 19.6. The summed E-state index contributed by atoms with van der Waals surface area (Å²) in [5, 5.41) is 4.05. The fraction of sp³-hybridized carbons (Fsp3) is 0.500. The predicted molar refractivity (Wildman–Crippen MR) is 100 cm³/mol. The first kappa shape index (κ1) is 18.4. The zero-order valence-electron chi connectivity index (χ0n) is 15.3. The number of nitrogens with zero attached hydrogens (tertiary/aromatic N) is 2. The Balaban J connectivity index is 1.99. The van der Waals surface area contributed by atoms with Gasteiger partial charge < -0.3 is 10.2 Å². The highest BCUT2D eigenvalue weighted by atomic mass is 16.1. The van der Waals surface area contributed by atoms with Crippen molar-refractivity contribution in [1.29, 1.82) is 0 Å². The Morgan fingerprint density at radius 3 is 2.67 bits per heavy atom. The summed E-state index contributed by atoms with van der Waals surface area (Å²) in [5.41, 5.74) is 2.46. The molecule has 2 rings (SSSR count). The molecule has 1 aromatic heterocycles. The highest BCUT2D eigenvalue weighted by molar-refractivity contribution is 6.06. The summed E-state index contributed by atoms with van der Waals surface area (Å²) in [5.74, 6) is -0.00737. The van der Waals surface area contributed by atoms with E-state index in [1.165, 1.54) is 0 Å². The molecule has 1 heterocycles. The third kappa shape index (κ3) is 4.78. The van der Waals surface area contributed by atoms with E-state index in [2.05, 4.69) is 36.0 Å². The van der Waals surface area contributed by atoms with Gasteiger partial charge in [0.25, 0.3) is 5.91 Å².